The van der Waals surface area contributed by atoms with Gasteiger partial charge in [0.2, 0.25) is 5.91 Å². The quantitative estimate of drug-likeness (QED) is 0.680. The van der Waals surface area contributed by atoms with Gasteiger partial charge >= 0.3 is 0 Å². The van der Waals surface area contributed by atoms with Crippen LogP contribution in [0.3, 0.4) is 0 Å². The summed E-state index contributed by atoms with van der Waals surface area (Å²) >= 11 is 4.93. The zero-order chi connectivity index (χ0) is 16.2. The van der Waals surface area contributed by atoms with E-state index in [2.05, 4.69) is 26.2 Å². The normalized spacial score (nSPS) is 10.5. The molecule has 3 aromatic rings. The Balaban J connectivity index is 1.68. The van der Waals surface area contributed by atoms with Crippen LogP contribution in [0.15, 0.2) is 58.4 Å². The maximum atomic E-state index is 12.2. The minimum atomic E-state index is -0.0454. The monoisotopic (exact) mass is 386 g/mol. The number of hydrogen-bond donors (Lipinski definition) is 1. The van der Waals surface area contributed by atoms with E-state index in [9.17, 15) is 4.79 Å². The second-order valence-electron chi connectivity index (χ2n) is 5.17. The van der Waals surface area contributed by atoms with Gasteiger partial charge < -0.3 is 5.32 Å². The van der Waals surface area contributed by atoms with Crippen LogP contribution < -0.4 is 5.32 Å². The number of amides is 1. The largest absolute Gasteiger partial charge is 0.325 e. The summed E-state index contributed by atoms with van der Waals surface area (Å²) in [5.74, 6) is -0.0454. The van der Waals surface area contributed by atoms with Crippen LogP contribution in [-0.4, -0.2) is 10.9 Å². The van der Waals surface area contributed by atoms with E-state index in [-0.39, 0.29) is 12.3 Å². The first-order chi connectivity index (χ1) is 11.1. The Kier molecular flexibility index (Phi) is 4.88. The van der Waals surface area contributed by atoms with E-state index < -0.39 is 0 Å². The number of para-hydroxylation sites is 1. The average Bonchev–Trinajstić information content (AvgIpc) is 2.98. The van der Waals surface area contributed by atoms with Crippen LogP contribution in [0.25, 0.3) is 11.3 Å². The number of rotatable bonds is 4. The number of anilines is 1. The number of aryl methyl sites for hydroxylation is 1. The van der Waals surface area contributed by atoms with Gasteiger partial charge in [-0.2, -0.15) is 0 Å². The topological polar surface area (TPSA) is 42.0 Å². The van der Waals surface area contributed by atoms with Crippen molar-refractivity contribution < 1.29 is 4.79 Å². The molecule has 1 N–H and O–H groups in total. The Bertz CT molecular complexity index is 827. The number of benzene rings is 2. The van der Waals surface area contributed by atoms with Gasteiger partial charge in [-0.1, -0.05) is 46.3 Å². The van der Waals surface area contributed by atoms with Crippen LogP contribution in [-0.2, 0) is 11.2 Å². The maximum absolute atomic E-state index is 12.2. The highest BCUT2D eigenvalue weighted by atomic mass is 79.9. The predicted molar refractivity (Wildman–Crippen MR) is 98.8 cm³/mol. The van der Waals surface area contributed by atoms with Gasteiger partial charge in [0, 0.05) is 21.1 Å². The number of nitrogens with one attached hydrogen (secondary N) is 1. The van der Waals surface area contributed by atoms with Crippen LogP contribution in [0.5, 0.6) is 0 Å². The fourth-order valence-corrected chi connectivity index (χ4v) is 3.26. The molecule has 0 atom stereocenters. The van der Waals surface area contributed by atoms with Crippen LogP contribution >= 0.6 is 27.3 Å². The number of nitrogens with zero attached hydrogens (tertiary/aromatic N) is 1. The summed E-state index contributed by atoms with van der Waals surface area (Å²) in [6, 6.07) is 15.7. The van der Waals surface area contributed by atoms with E-state index in [4.69, 9.17) is 0 Å². The van der Waals surface area contributed by atoms with Gasteiger partial charge in [-0.05, 0) is 30.7 Å². The summed E-state index contributed by atoms with van der Waals surface area (Å²) in [5, 5.41) is 5.74. The Hall–Kier alpha value is -1.98. The van der Waals surface area contributed by atoms with Gasteiger partial charge in [-0.3, -0.25) is 4.79 Å². The highest BCUT2D eigenvalue weighted by Crippen LogP contribution is 2.24. The Labute approximate surface area is 147 Å². The molecule has 0 radical (unpaired) electrons. The predicted octanol–water partition coefficient (Wildman–Crippen LogP) is 5.06. The standard InChI is InChI=1S/C18H15BrN2OS/c1-12-4-2-3-5-15(12)20-17(22)10-18-21-16(11-23-18)13-6-8-14(19)9-7-13/h2-9,11H,10H2,1H3,(H,20,22). The third-order valence-corrected chi connectivity index (χ3v) is 4.80. The zero-order valence-electron chi connectivity index (χ0n) is 12.5. The molecule has 23 heavy (non-hydrogen) atoms. The molecular formula is C18H15BrN2OS. The van der Waals surface area contributed by atoms with Crippen molar-refractivity contribution in [2.75, 3.05) is 5.32 Å². The van der Waals surface area contributed by atoms with E-state index in [1.54, 1.807) is 0 Å². The molecule has 0 saturated carbocycles. The fourth-order valence-electron chi connectivity index (χ4n) is 2.19. The lowest BCUT2D eigenvalue weighted by molar-refractivity contribution is -0.115. The van der Waals surface area contributed by atoms with Crippen molar-refractivity contribution in [1.29, 1.82) is 0 Å². The van der Waals surface area contributed by atoms with Gasteiger partial charge in [0.15, 0.2) is 0 Å². The lowest BCUT2D eigenvalue weighted by Crippen LogP contribution is -2.14. The van der Waals surface area contributed by atoms with E-state index in [0.717, 1.165) is 32.0 Å². The molecule has 0 aliphatic carbocycles. The molecule has 0 aliphatic heterocycles. The van der Waals surface area contributed by atoms with Crippen molar-refractivity contribution in [1.82, 2.24) is 4.98 Å². The SMILES string of the molecule is Cc1ccccc1NC(=O)Cc1nc(-c2ccc(Br)cc2)cs1. The second-order valence-corrected chi connectivity index (χ2v) is 7.03. The molecule has 0 bridgehead atoms. The van der Waals surface area contributed by atoms with E-state index >= 15 is 0 Å². The molecule has 1 amide bonds. The van der Waals surface area contributed by atoms with Gasteiger partial charge in [-0.15, -0.1) is 11.3 Å². The Morgan fingerprint density at radius 1 is 1.17 bits per heavy atom. The highest BCUT2D eigenvalue weighted by molar-refractivity contribution is 9.10. The minimum absolute atomic E-state index is 0.0454. The molecule has 5 heteroatoms. The highest BCUT2D eigenvalue weighted by Gasteiger charge is 2.10. The van der Waals surface area contributed by atoms with Crippen molar-refractivity contribution in [3.05, 3.63) is 69.0 Å². The molecule has 0 fully saturated rings. The Morgan fingerprint density at radius 3 is 2.65 bits per heavy atom. The van der Waals surface area contributed by atoms with Gasteiger partial charge in [0.1, 0.15) is 5.01 Å². The summed E-state index contributed by atoms with van der Waals surface area (Å²) in [4.78, 5) is 16.7. The number of hydrogen-bond acceptors (Lipinski definition) is 3. The van der Waals surface area contributed by atoms with E-state index in [0.29, 0.717) is 0 Å². The number of carbonyl (C=O) groups excluding carboxylic acids is 1. The molecule has 3 rings (SSSR count). The van der Waals surface area contributed by atoms with E-state index in [1.165, 1.54) is 11.3 Å². The molecule has 0 saturated heterocycles. The van der Waals surface area contributed by atoms with Gasteiger partial charge in [0.05, 0.1) is 12.1 Å². The van der Waals surface area contributed by atoms with E-state index in [1.807, 2.05) is 60.8 Å². The van der Waals surface area contributed by atoms with Crippen LogP contribution in [0.4, 0.5) is 5.69 Å². The molecule has 0 spiro atoms. The molecule has 116 valence electrons. The minimum Gasteiger partial charge on any atom is -0.325 e. The summed E-state index contributed by atoms with van der Waals surface area (Å²) in [6.07, 6.45) is 0.287. The number of halogens is 1. The van der Waals surface area contributed by atoms with Crippen molar-refractivity contribution in [2.45, 2.75) is 13.3 Å². The molecule has 0 aliphatic rings. The first-order valence-electron chi connectivity index (χ1n) is 7.17. The summed E-state index contributed by atoms with van der Waals surface area (Å²) in [6.45, 7) is 1.98. The third-order valence-electron chi connectivity index (χ3n) is 3.42. The molecule has 1 aromatic heterocycles. The van der Waals surface area contributed by atoms with Crippen LogP contribution in [0.2, 0.25) is 0 Å². The molecular weight excluding hydrogens is 372 g/mol. The lowest BCUT2D eigenvalue weighted by atomic mass is 10.2. The zero-order valence-corrected chi connectivity index (χ0v) is 14.9. The number of thiazole rings is 1. The second kappa shape index (κ2) is 7.06. The summed E-state index contributed by atoms with van der Waals surface area (Å²) in [5.41, 5.74) is 3.86. The van der Waals surface area contributed by atoms with Crippen molar-refractivity contribution in [2.24, 2.45) is 0 Å². The first kappa shape index (κ1) is 15.9. The first-order valence-corrected chi connectivity index (χ1v) is 8.85. The molecule has 3 nitrogen and oxygen atoms in total. The number of aromatic nitrogens is 1. The maximum Gasteiger partial charge on any atom is 0.231 e. The van der Waals surface area contributed by atoms with Crippen molar-refractivity contribution in [3.63, 3.8) is 0 Å². The lowest BCUT2D eigenvalue weighted by Gasteiger charge is -2.06. The van der Waals surface area contributed by atoms with Gasteiger partial charge in [-0.25, -0.2) is 4.98 Å². The third kappa shape index (κ3) is 4.06. The average molecular weight is 387 g/mol. The van der Waals surface area contributed by atoms with Crippen LogP contribution in [0, 0.1) is 6.92 Å². The molecule has 2 aromatic carbocycles. The van der Waals surface area contributed by atoms with Crippen LogP contribution in [0.1, 0.15) is 10.6 Å². The number of carbonyl (C=O) groups is 1. The smallest absolute Gasteiger partial charge is 0.231 e. The Morgan fingerprint density at radius 2 is 1.91 bits per heavy atom. The summed E-state index contributed by atoms with van der Waals surface area (Å²) < 4.78 is 1.04. The summed E-state index contributed by atoms with van der Waals surface area (Å²) in [7, 11) is 0. The van der Waals surface area contributed by atoms with Crippen molar-refractivity contribution >= 4 is 38.9 Å². The fraction of sp³-hybridized carbons (Fsp3) is 0.111. The van der Waals surface area contributed by atoms with Gasteiger partial charge in [0.25, 0.3) is 0 Å². The molecule has 1 heterocycles. The van der Waals surface area contributed by atoms with Crippen molar-refractivity contribution in [3.8, 4) is 11.3 Å². The molecule has 0 unspecified atom stereocenters.